The van der Waals surface area contributed by atoms with Crippen LogP contribution in [0.4, 0.5) is 4.79 Å². The summed E-state index contributed by atoms with van der Waals surface area (Å²) in [5, 5.41) is 30.0. The van der Waals surface area contributed by atoms with Crippen molar-refractivity contribution in [1.82, 2.24) is 4.90 Å². The number of alkyl halides is 1. The fraction of sp³-hybridized carbons (Fsp3) is 0.904. The Morgan fingerprint density at radius 3 is 1.45 bits per heavy atom. The van der Waals surface area contributed by atoms with Crippen molar-refractivity contribution < 1.29 is 149 Å². The number of imide groups is 1. The fourth-order valence-electron chi connectivity index (χ4n) is 18.4. The Bertz CT molecular complexity index is 1800. The first-order valence-corrected chi connectivity index (χ1v) is 27.8. The molecular weight excluding hydrogens is 973 g/mol. The Morgan fingerprint density at radius 2 is 1.08 bits per heavy atom. The molecule has 11 aliphatic rings. The summed E-state index contributed by atoms with van der Waals surface area (Å²) in [6, 6.07) is 0. The van der Waals surface area contributed by atoms with E-state index < -0.39 is 11.2 Å². The number of nitrogens with zero attached hydrogens (tertiary/aromatic N) is 1. The SMILES string of the molecule is C[C@@]1(O)CC[C@H]2[C@H](CC[C@@H]3[C@@H]2CC[C@@]2(C)[C@H]3[C@H](C3CC3)C[C@@H]2C(=O)CBr)C1.C[C@@]1(O)CC[C@H]2[C@H](CC[C@@H]3[C@@H]2CC[C@@]2(C)[C@H]3[C@H](C3CC3)C[C@@H]2C(=O)CN2C(=O)CSC2=O)C1.O=CO[O-].[H-].[K+].[K+]. The quantitative estimate of drug-likeness (QED) is 0.122. The molecule has 10 nitrogen and oxygen atoms in total. The largest absolute Gasteiger partial charge is 1.00 e. The van der Waals surface area contributed by atoms with Gasteiger partial charge < -0.3 is 21.8 Å². The molecule has 14 heteroatoms. The number of halogens is 1. The number of hydrogen-bond acceptors (Lipinski definition) is 10. The minimum atomic E-state index is -0.485. The number of amides is 2. The van der Waals surface area contributed by atoms with Crippen LogP contribution in [0.15, 0.2) is 0 Å². The summed E-state index contributed by atoms with van der Waals surface area (Å²) in [5.74, 6) is 11.7. The van der Waals surface area contributed by atoms with E-state index in [2.05, 4.69) is 41.6 Å². The Labute approximate surface area is 494 Å². The third kappa shape index (κ3) is 10.9. The maximum Gasteiger partial charge on any atom is 1.00 e. The Balaban J connectivity index is 0.000000200. The van der Waals surface area contributed by atoms with E-state index in [4.69, 9.17) is 10.1 Å². The number of carbonyl (C=O) groups is 5. The topological polar surface area (TPSA) is 161 Å². The van der Waals surface area contributed by atoms with Crippen LogP contribution in [0.5, 0.6) is 0 Å². The van der Waals surface area contributed by atoms with Gasteiger partial charge in [-0.25, -0.2) is 0 Å². The Morgan fingerprint density at radius 1 is 0.667 bits per heavy atom. The van der Waals surface area contributed by atoms with Crippen LogP contribution in [0.25, 0.3) is 0 Å². The van der Waals surface area contributed by atoms with E-state index >= 15 is 0 Å². The van der Waals surface area contributed by atoms with Gasteiger partial charge in [0.05, 0.1) is 28.8 Å². The minimum absolute atomic E-state index is 0. The van der Waals surface area contributed by atoms with E-state index in [0.29, 0.717) is 40.7 Å². The van der Waals surface area contributed by atoms with Gasteiger partial charge >= 0.3 is 103 Å². The van der Waals surface area contributed by atoms with Gasteiger partial charge in [0.1, 0.15) is 5.78 Å². The fourth-order valence-corrected chi connectivity index (χ4v) is 19.5. The number of Topliss-reactive ketones (excluding diaryl/α,β-unsaturated/α-hetero) is 2. The zero-order valence-electron chi connectivity index (χ0n) is 42.1. The predicted octanol–water partition coefficient (Wildman–Crippen LogP) is 3.07. The van der Waals surface area contributed by atoms with Crippen LogP contribution in [0.2, 0.25) is 0 Å². The van der Waals surface area contributed by atoms with E-state index in [1.54, 1.807) is 0 Å². The molecule has 1 aliphatic heterocycles. The van der Waals surface area contributed by atoms with Gasteiger partial charge in [-0.1, -0.05) is 41.5 Å². The van der Waals surface area contributed by atoms with Crippen LogP contribution < -0.4 is 108 Å². The normalized spacial score (nSPS) is 47.5. The first-order chi connectivity index (χ1) is 30.4. The van der Waals surface area contributed by atoms with Crippen LogP contribution in [0.3, 0.4) is 0 Å². The van der Waals surface area contributed by atoms with Crippen molar-refractivity contribution in [3.8, 4) is 0 Å². The second kappa shape index (κ2) is 22.0. The summed E-state index contributed by atoms with van der Waals surface area (Å²) in [7, 11) is 0. The third-order valence-corrected chi connectivity index (χ3v) is 22.6. The standard InChI is InChI=1S/C27H39NO4S.C24H37BrO2.CH2O3.2K.H/c1-26(32)9-7-17-16(12-26)5-6-19-18(17)8-10-27(2)21(11-20(24(19)27)15-3-4-15)22(29)13-28-23(30)14-33-25(28)31;1-23(27)9-7-16-15(12-23)5-6-18-17(16)8-10-24(2)20(21(26)13-25)11-19(22(18)24)14-3-4-14;2-1-4-3;;;/h15-21,24,32H,3-14H2,1-2H3;14-20,22,27H,3-13H2,1-2H3;1,3H;;;/q;;;2*+1;-1/p-1/t16-,17+,18-,19-,20+,21-,24-,26-,27-;15-,16+,17-,18-,19+,20-,22-,23-,24-;;;;/m11..../s1. The minimum Gasteiger partial charge on any atom is -1.00 e. The van der Waals surface area contributed by atoms with E-state index in [1.807, 2.05) is 6.92 Å². The molecule has 1 saturated heterocycles. The summed E-state index contributed by atoms with van der Waals surface area (Å²) >= 11 is 4.52. The predicted molar refractivity (Wildman–Crippen MR) is 247 cm³/mol. The molecule has 0 bridgehead atoms. The van der Waals surface area contributed by atoms with Gasteiger partial charge in [0.15, 0.2) is 5.78 Å². The molecular formula is C52H78BrK2NO9S. The zero-order valence-corrected chi connectivity index (χ0v) is 49.7. The molecule has 1 heterocycles. The summed E-state index contributed by atoms with van der Waals surface area (Å²) in [6.07, 6.45) is 24.0. The first-order valence-electron chi connectivity index (χ1n) is 25.7. The van der Waals surface area contributed by atoms with Crippen LogP contribution in [0.1, 0.15) is 158 Å². The summed E-state index contributed by atoms with van der Waals surface area (Å²) in [5.41, 5.74) is -0.639. The summed E-state index contributed by atoms with van der Waals surface area (Å²) in [6.45, 7) is 8.78. The van der Waals surface area contributed by atoms with Crippen molar-refractivity contribution in [2.24, 2.45) is 106 Å². The molecule has 11 rings (SSSR count). The molecule has 18 atom stereocenters. The van der Waals surface area contributed by atoms with Gasteiger partial charge in [-0.15, -0.1) is 0 Å². The van der Waals surface area contributed by atoms with Crippen LogP contribution in [-0.4, -0.2) is 73.1 Å². The van der Waals surface area contributed by atoms with Crippen molar-refractivity contribution in [2.75, 3.05) is 17.6 Å². The van der Waals surface area contributed by atoms with E-state index in [0.717, 1.165) is 116 Å². The molecule has 0 aromatic heterocycles. The van der Waals surface area contributed by atoms with Crippen LogP contribution in [-0.2, 0) is 24.1 Å². The maximum atomic E-state index is 13.6. The molecule has 0 spiro atoms. The van der Waals surface area contributed by atoms with Gasteiger partial charge in [-0.3, -0.25) is 28.9 Å². The van der Waals surface area contributed by atoms with Crippen molar-refractivity contribution >= 4 is 56.9 Å². The molecule has 2 amide bonds. The Kier molecular flexibility index (Phi) is 18.6. The monoisotopic (exact) mass is 1050 g/mol. The number of ketones is 2. The number of fused-ring (bicyclic) bond motifs is 10. The van der Waals surface area contributed by atoms with Crippen LogP contribution in [0, 0.1) is 106 Å². The molecule has 0 aromatic rings. The van der Waals surface area contributed by atoms with Gasteiger partial charge in [0, 0.05) is 11.8 Å². The maximum absolute atomic E-state index is 13.6. The molecule has 2 N–H and O–H groups in total. The van der Waals surface area contributed by atoms with Gasteiger partial charge in [0.2, 0.25) is 5.91 Å². The van der Waals surface area contributed by atoms with Crippen LogP contribution >= 0.6 is 27.7 Å². The number of carbonyl (C=O) groups excluding carboxylic acids is 5. The molecule has 10 saturated carbocycles. The Hall–Kier alpha value is 1.93. The van der Waals surface area contributed by atoms with Gasteiger partial charge in [-0.05, 0) is 236 Å². The number of rotatable bonds is 8. The van der Waals surface area contributed by atoms with E-state index in [1.165, 1.54) is 88.4 Å². The summed E-state index contributed by atoms with van der Waals surface area (Å²) in [4.78, 5) is 63.2. The van der Waals surface area contributed by atoms with E-state index in [9.17, 15) is 29.4 Å². The average molecular weight is 1050 g/mol. The smallest absolute Gasteiger partial charge is 1.00 e. The van der Waals surface area contributed by atoms with E-state index in [-0.39, 0.29) is 157 Å². The van der Waals surface area contributed by atoms with Crippen molar-refractivity contribution in [2.45, 2.75) is 167 Å². The number of hydrogen-bond donors (Lipinski definition) is 2. The molecule has 66 heavy (non-hydrogen) atoms. The second-order valence-corrected chi connectivity index (χ2v) is 26.1. The summed E-state index contributed by atoms with van der Waals surface area (Å²) < 4.78 is 0. The first kappa shape index (κ1) is 55.7. The van der Waals surface area contributed by atoms with Gasteiger partial charge in [-0.2, -0.15) is 0 Å². The number of thioether (sulfide) groups is 1. The second-order valence-electron chi connectivity index (χ2n) is 24.7. The molecule has 0 unspecified atom stereocenters. The van der Waals surface area contributed by atoms with Gasteiger partial charge in [0.25, 0.3) is 11.7 Å². The molecule has 0 aromatic carbocycles. The molecule has 10 aliphatic carbocycles. The van der Waals surface area contributed by atoms with Crippen molar-refractivity contribution in [3.63, 3.8) is 0 Å². The molecule has 360 valence electrons. The number of aliphatic hydroxyl groups is 2. The molecule has 0 radical (unpaired) electrons. The van der Waals surface area contributed by atoms with Crippen molar-refractivity contribution in [1.29, 1.82) is 0 Å². The molecule has 11 fully saturated rings. The average Bonchev–Trinajstić information content (AvgIpc) is 4.20. The van der Waals surface area contributed by atoms with Crippen molar-refractivity contribution in [3.05, 3.63) is 0 Å². The third-order valence-electron chi connectivity index (χ3n) is 21.2. The zero-order chi connectivity index (χ0) is 45.5.